The fourth-order valence-corrected chi connectivity index (χ4v) is 1.64. The third-order valence-electron chi connectivity index (χ3n) is 2.45. The molecule has 2 rings (SSSR count). The van der Waals surface area contributed by atoms with Crippen LogP contribution in [0.25, 0.3) is 0 Å². The molecule has 0 amide bonds. The highest BCUT2D eigenvalue weighted by Crippen LogP contribution is 2.37. The molecule has 0 unspecified atom stereocenters. The molecule has 2 N–H and O–H groups in total. The molecule has 0 aliphatic rings. The molecule has 5 nitrogen and oxygen atoms in total. The van der Waals surface area contributed by atoms with Gasteiger partial charge in [0.2, 0.25) is 5.88 Å². The van der Waals surface area contributed by atoms with Gasteiger partial charge in [-0.25, -0.2) is 4.98 Å². The van der Waals surface area contributed by atoms with Crippen LogP contribution in [0.2, 0.25) is 0 Å². The van der Waals surface area contributed by atoms with Crippen molar-refractivity contribution >= 4 is 5.82 Å². The first-order chi connectivity index (χ1) is 9.90. The lowest BCUT2D eigenvalue weighted by atomic mass is 10.2. The zero-order valence-corrected chi connectivity index (χ0v) is 11.0. The zero-order valence-electron chi connectivity index (χ0n) is 11.0. The predicted molar refractivity (Wildman–Crippen MR) is 68.7 cm³/mol. The van der Waals surface area contributed by atoms with Crippen molar-refractivity contribution in [3.63, 3.8) is 0 Å². The van der Waals surface area contributed by atoms with Gasteiger partial charge in [0, 0.05) is 13.2 Å². The van der Waals surface area contributed by atoms with Crippen molar-refractivity contribution in [2.24, 2.45) is 0 Å². The molecule has 8 heteroatoms. The molecule has 21 heavy (non-hydrogen) atoms. The second-order valence-corrected chi connectivity index (χ2v) is 4.08. The van der Waals surface area contributed by atoms with E-state index in [1.165, 1.54) is 31.4 Å². The van der Waals surface area contributed by atoms with E-state index < -0.39 is 11.7 Å². The van der Waals surface area contributed by atoms with Crippen molar-refractivity contribution in [1.82, 2.24) is 9.97 Å². The maximum atomic E-state index is 12.9. The van der Waals surface area contributed by atoms with Crippen LogP contribution in [0, 0.1) is 0 Å². The number of halogens is 3. The first-order valence-electron chi connectivity index (χ1n) is 5.86. The highest BCUT2D eigenvalue weighted by atomic mass is 19.4. The van der Waals surface area contributed by atoms with Gasteiger partial charge in [0.25, 0.3) is 0 Å². The third kappa shape index (κ3) is 3.82. The van der Waals surface area contributed by atoms with Crippen LogP contribution in [0.3, 0.4) is 0 Å². The summed E-state index contributed by atoms with van der Waals surface area (Å²) in [5.41, 5.74) is 4.67. The van der Waals surface area contributed by atoms with E-state index in [2.05, 4.69) is 9.97 Å². The molecular formula is C13H12F3N3O2. The number of para-hydroxylation sites is 1. The number of alkyl halides is 3. The first kappa shape index (κ1) is 15.0. The summed E-state index contributed by atoms with van der Waals surface area (Å²) < 4.78 is 48.7. The number of rotatable bonds is 4. The van der Waals surface area contributed by atoms with E-state index in [0.29, 0.717) is 0 Å². The number of nitrogens with two attached hydrogens (primary N) is 1. The quantitative estimate of drug-likeness (QED) is 0.939. The minimum Gasteiger partial charge on any atom is -0.438 e. The molecule has 1 aromatic heterocycles. The lowest BCUT2D eigenvalue weighted by Gasteiger charge is -2.13. The number of aromatic nitrogens is 2. The smallest absolute Gasteiger partial charge is 0.419 e. The predicted octanol–water partition coefficient (Wildman–Crippen LogP) is 3.02. The van der Waals surface area contributed by atoms with Gasteiger partial charge in [-0.15, -0.1) is 0 Å². The highest BCUT2D eigenvalue weighted by Gasteiger charge is 2.34. The third-order valence-corrected chi connectivity index (χ3v) is 2.45. The van der Waals surface area contributed by atoms with Gasteiger partial charge in [0.15, 0.2) is 5.82 Å². The molecule has 0 saturated carbocycles. The first-order valence-corrected chi connectivity index (χ1v) is 5.86. The molecule has 112 valence electrons. The van der Waals surface area contributed by atoms with E-state index in [1.807, 2.05) is 0 Å². The average Bonchev–Trinajstić information content (AvgIpc) is 2.37. The van der Waals surface area contributed by atoms with Gasteiger partial charge in [-0.05, 0) is 12.1 Å². The fourth-order valence-electron chi connectivity index (χ4n) is 1.64. The minimum absolute atomic E-state index is 0.0717. The Labute approximate surface area is 118 Å². The van der Waals surface area contributed by atoms with Gasteiger partial charge < -0.3 is 15.2 Å². The summed E-state index contributed by atoms with van der Waals surface area (Å²) in [7, 11) is 1.44. The Morgan fingerprint density at radius 2 is 1.90 bits per heavy atom. The van der Waals surface area contributed by atoms with Crippen LogP contribution in [-0.4, -0.2) is 17.1 Å². The van der Waals surface area contributed by atoms with E-state index in [4.69, 9.17) is 15.2 Å². The Bertz CT molecular complexity index is 632. The van der Waals surface area contributed by atoms with Crippen molar-refractivity contribution in [3.05, 3.63) is 41.7 Å². The maximum Gasteiger partial charge on any atom is 0.419 e. The second-order valence-electron chi connectivity index (χ2n) is 4.08. The normalized spacial score (nSPS) is 11.4. The summed E-state index contributed by atoms with van der Waals surface area (Å²) in [6, 6.07) is 6.09. The van der Waals surface area contributed by atoms with Crippen molar-refractivity contribution in [3.8, 4) is 11.6 Å². The van der Waals surface area contributed by atoms with Crippen molar-refractivity contribution in [1.29, 1.82) is 0 Å². The molecule has 0 fully saturated rings. The largest absolute Gasteiger partial charge is 0.438 e. The number of hydrogen-bond donors (Lipinski definition) is 1. The number of hydrogen-bond acceptors (Lipinski definition) is 5. The van der Waals surface area contributed by atoms with Gasteiger partial charge in [-0.2, -0.15) is 18.2 Å². The average molecular weight is 299 g/mol. The maximum absolute atomic E-state index is 12.9. The Kier molecular flexibility index (Phi) is 4.27. The van der Waals surface area contributed by atoms with E-state index in [1.54, 1.807) is 0 Å². The fraction of sp³-hybridized carbons (Fsp3) is 0.231. The molecule has 0 atom stereocenters. The number of methoxy groups -OCH3 is 1. The molecule has 0 spiro atoms. The van der Waals surface area contributed by atoms with Crippen LogP contribution in [0.1, 0.15) is 11.4 Å². The summed E-state index contributed by atoms with van der Waals surface area (Å²) in [4.78, 5) is 7.81. The van der Waals surface area contributed by atoms with Gasteiger partial charge in [-0.3, -0.25) is 0 Å². The van der Waals surface area contributed by atoms with Crippen LogP contribution in [0.5, 0.6) is 11.6 Å². The number of benzene rings is 1. The number of ether oxygens (including phenoxy) is 2. The van der Waals surface area contributed by atoms with E-state index in [0.717, 1.165) is 6.07 Å². The zero-order chi connectivity index (χ0) is 15.5. The number of anilines is 1. The number of nitrogen functional groups attached to an aromatic ring is 1. The number of nitrogens with zero attached hydrogens (tertiary/aromatic N) is 2. The molecule has 0 aliphatic carbocycles. The Morgan fingerprint density at radius 3 is 2.57 bits per heavy atom. The summed E-state index contributed by atoms with van der Waals surface area (Å²) in [5, 5.41) is 0. The Hall–Kier alpha value is -2.35. The summed E-state index contributed by atoms with van der Waals surface area (Å²) in [6.45, 7) is 0.0717. The van der Waals surface area contributed by atoms with Gasteiger partial charge in [0.1, 0.15) is 18.2 Å². The molecule has 0 saturated heterocycles. The van der Waals surface area contributed by atoms with E-state index in [-0.39, 0.29) is 29.9 Å². The molecule has 1 aromatic carbocycles. The monoisotopic (exact) mass is 299 g/mol. The van der Waals surface area contributed by atoms with Gasteiger partial charge >= 0.3 is 6.18 Å². The molecule has 2 aromatic rings. The topological polar surface area (TPSA) is 70.3 Å². The highest BCUT2D eigenvalue weighted by molar-refractivity contribution is 5.40. The molecule has 0 aliphatic heterocycles. The van der Waals surface area contributed by atoms with Crippen LogP contribution in [0.15, 0.2) is 30.3 Å². The SMILES string of the molecule is COCc1nc(N)cc(Oc2ccccc2C(F)(F)F)n1. The molecule has 1 heterocycles. The Morgan fingerprint density at radius 1 is 1.19 bits per heavy atom. The van der Waals surface area contributed by atoms with Gasteiger partial charge in [-0.1, -0.05) is 12.1 Å². The minimum atomic E-state index is -4.52. The summed E-state index contributed by atoms with van der Waals surface area (Å²) >= 11 is 0. The summed E-state index contributed by atoms with van der Waals surface area (Å²) in [6.07, 6.45) is -4.52. The van der Waals surface area contributed by atoms with E-state index >= 15 is 0 Å². The van der Waals surface area contributed by atoms with Crippen LogP contribution < -0.4 is 10.5 Å². The molecule has 0 bridgehead atoms. The van der Waals surface area contributed by atoms with Crippen molar-refractivity contribution in [2.75, 3.05) is 12.8 Å². The molecule has 0 radical (unpaired) electrons. The lowest BCUT2D eigenvalue weighted by molar-refractivity contribution is -0.138. The van der Waals surface area contributed by atoms with Crippen LogP contribution in [0.4, 0.5) is 19.0 Å². The summed E-state index contributed by atoms with van der Waals surface area (Å²) in [5.74, 6) is -0.133. The van der Waals surface area contributed by atoms with Crippen molar-refractivity contribution in [2.45, 2.75) is 12.8 Å². The van der Waals surface area contributed by atoms with E-state index in [9.17, 15) is 13.2 Å². The second kappa shape index (κ2) is 5.96. The lowest BCUT2D eigenvalue weighted by Crippen LogP contribution is -2.08. The van der Waals surface area contributed by atoms with Crippen LogP contribution >= 0.6 is 0 Å². The standard InChI is InChI=1S/C13H12F3N3O2/c1-20-7-11-18-10(17)6-12(19-11)21-9-5-3-2-4-8(9)13(14,15)16/h2-6H,7H2,1H3,(H2,17,18,19). The molecular weight excluding hydrogens is 287 g/mol. The Balaban J connectivity index is 2.35. The van der Waals surface area contributed by atoms with Crippen molar-refractivity contribution < 1.29 is 22.6 Å². The van der Waals surface area contributed by atoms with Crippen LogP contribution in [-0.2, 0) is 17.5 Å². The van der Waals surface area contributed by atoms with Gasteiger partial charge in [0.05, 0.1) is 5.56 Å².